The van der Waals surface area contributed by atoms with Crippen molar-refractivity contribution in [1.29, 1.82) is 0 Å². The Balaban J connectivity index is 2.86. The van der Waals surface area contributed by atoms with E-state index >= 15 is 0 Å². The summed E-state index contributed by atoms with van der Waals surface area (Å²) in [4.78, 5) is 7.89. The minimum Gasteiger partial charge on any atom is -0.290 e. The zero-order valence-electron chi connectivity index (χ0n) is 5.03. The Hall–Kier alpha value is -1.09. The molecule has 2 aromatic heterocycles. The van der Waals surface area contributed by atoms with Gasteiger partial charge in [-0.15, -0.1) is 0 Å². The highest BCUT2D eigenvalue weighted by Gasteiger charge is 1.92. The summed E-state index contributed by atoms with van der Waals surface area (Å²) < 4.78 is 1.80. The average molecular weight is 154 g/mol. The summed E-state index contributed by atoms with van der Waals surface area (Å²) in [5.74, 6) is 0. The van der Waals surface area contributed by atoms with Gasteiger partial charge in [-0.3, -0.25) is 4.40 Å². The number of imidazole rings is 1. The van der Waals surface area contributed by atoms with Crippen LogP contribution in [0.4, 0.5) is 0 Å². The second-order valence-electron chi connectivity index (χ2n) is 1.90. The predicted molar refractivity (Wildman–Crippen MR) is 38.0 cm³/mol. The SMILES string of the molecule is Clc1cc2nccn2cn1. The number of fused-ring (bicyclic) bond motifs is 1. The molecule has 0 aromatic carbocycles. The van der Waals surface area contributed by atoms with Crippen molar-refractivity contribution in [3.05, 3.63) is 29.9 Å². The Morgan fingerprint density at radius 1 is 1.40 bits per heavy atom. The first-order valence-corrected chi connectivity index (χ1v) is 3.18. The lowest BCUT2D eigenvalue weighted by Gasteiger charge is -1.90. The zero-order chi connectivity index (χ0) is 6.97. The molecular formula is C6H4ClN3. The fourth-order valence-corrected chi connectivity index (χ4v) is 0.936. The Morgan fingerprint density at radius 2 is 2.30 bits per heavy atom. The lowest BCUT2D eigenvalue weighted by atomic mass is 10.6. The van der Waals surface area contributed by atoms with E-state index in [2.05, 4.69) is 9.97 Å². The molecule has 0 unspecified atom stereocenters. The van der Waals surface area contributed by atoms with Gasteiger partial charge in [0.1, 0.15) is 17.1 Å². The molecule has 50 valence electrons. The van der Waals surface area contributed by atoms with E-state index in [9.17, 15) is 0 Å². The van der Waals surface area contributed by atoms with Crippen LogP contribution in [0.2, 0.25) is 5.15 Å². The monoisotopic (exact) mass is 153 g/mol. The van der Waals surface area contributed by atoms with Crippen LogP contribution in [0.1, 0.15) is 0 Å². The molecule has 0 fully saturated rings. The summed E-state index contributed by atoms with van der Waals surface area (Å²) in [6.07, 6.45) is 5.15. The highest BCUT2D eigenvalue weighted by molar-refractivity contribution is 6.29. The van der Waals surface area contributed by atoms with E-state index < -0.39 is 0 Å². The fraction of sp³-hybridized carbons (Fsp3) is 0. The first-order valence-electron chi connectivity index (χ1n) is 2.80. The molecule has 0 spiro atoms. The maximum atomic E-state index is 5.61. The maximum absolute atomic E-state index is 5.61. The van der Waals surface area contributed by atoms with Crippen LogP contribution in [-0.2, 0) is 0 Å². The minimum atomic E-state index is 0.471. The first-order chi connectivity index (χ1) is 4.86. The Kier molecular flexibility index (Phi) is 1.11. The molecule has 0 saturated carbocycles. The number of hydrogen-bond acceptors (Lipinski definition) is 2. The lowest BCUT2D eigenvalue weighted by Crippen LogP contribution is -1.84. The fourth-order valence-electron chi connectivity index (χ4n) is 0.795. The van der Waals surface area contributed by atoms with Crippen LogP contribution >= 0.6 is 11.6 Å². The molecule has 0 aliphatic heterocycles. The molecule has 2 heterocycles. The van der Waals surface area contributed by atoms with E-state index in [1.807, 2.05) is 6.20 Å². The maximum Gasteiger partial charge on any atom is 0.140 e. The Morgan fingerprint density at radius 3 is 3.20 bits per heavy atom. The van der Waals surface area contributed by atoms with Gasteiger partial charge in [-0.05, 0) is 0 Å². The molecule has 0 amide bonds. The van der Waals surface area contributed by atoms with Gasteiger partial charge in [-0.25, -0.2) is 9.97 Å². The molecule has 2 rings (SSSR count). The van der Waals surface area contributed by atoms with Gasteiger partial charge in [0.15, 0.2) is 0 Å². The second-order valence-corrected chi connectivity index (χ2v) is 2.29. The lowest BCUT2D eigenvalue weighted by molar-refractivity contribution is 1.09. The smallest absolute Gasteiger partial charge is 0.140 e. The van der Waals surface area contributed by atoms with Crippen molar-refractivity contribution in [2.45, 2.75) is 0 Å². The molecule has 0 saturated heterocycles. The van der Waals surface area contributed by atoms with Crippen LogP contribution in [-0.4, -0.2) is 14.4 Å². The molecule has 0 bridgehead atoms. The van der Waals surface area contributed by atoms with E-state index in [1.165, 1.54) is 0 Å². The summed E-state index contributed by atoms with van der Waals surface area (Å²) in [5, 5.41) is 0.471. The Labute approximate surface area is 62.3 Å². The summed E-state index contributed by atoms with van der Waals surface area (Å²) >= 11 is 5.61. The van der Waals surface area contributed by atoms with Crippen LogP contribution in [0, 0.1) is 0 Å². The van der Waals surface area contributed by atoms with E-state index in [0.717, 1.165) is 5.65 Å². The largest absolute Gasteiger partial charge is 0.290 e. The van der Waals surface area contributed by atoms with Gasteiger partial charge in [0.25, 0.3) is 0 Å². The van der Waals surface area contributed by atoms with Crippen LogP contribution < -0.4 is 0 Å². The highest BCUT2D eigenvalue weighted by Crippen LogP contribution is 2.05. The predicted octanol–water partition coefficient (Wildman–Crippen LogP) is 1.38. The summed E-state index contributed by atoms with van der Waals surface area (Å²) in [6, 6.07) is 1.71. The van der Waals surface area contributed by atoms with Gasteiger partial charge >= 0.3 is 0 Å². The number of rotatable bonds is 0. The first kappa shape index (κ1) is 5.68. The van der Waals surface area contributed by atoms with E-state index in [4.69, 9.17) is 11.6 Å². The number of hydrogen-bond donors (Lipinski definition) is 0. The van der Waals surface area contributed by atoms with Gasteiger partial charge in [-0.1, -0.05) is 11.6 Å². The molecule has 0 N–H and O–H groups in total. The second kappa shape index (κ2) is 1.95. The van der Waals surface area contributed by atoms with Gasteiger partial charge in [0.2, 0.25) is 0 Å². The van der Waals surface area contributed by atoms with Gasteiger partial charge in [-0.2, -0.15) is 0 Å². The van der Waals surface area contributed by atoms with Crippen molar-refractivity contribution in [2.24, 2.45) is 0 Å². The van der Waals surface area contributed by atoms with Crippen molar-refractivity contribution in [2.75, 3.05) is 0 Å². The third-order valence-electron chi connectivity index (χ3n) is 1.25. The van der Waals surface area contributed by atoms with Crippen molar-refractivity contribution in [3.8, 4) is 0 Å². The van der Waals surface area contributed by atoms with Crippen LogP contribution in [0.5, 0.6) is 0 Å². The molecule has 10 heavy (non-hydrogen) atoms. The molecular weight excluding hydrogens is 150 g/mol. The van der Waals surface area contributed by atoms with Crippen molar-refractivity contribution in [1.82, 2.24) is 14.4 Å². The zero-order valence-corrected chi connectivity index (χ0v) is 5.78. The number of nitrogens with zero attached hydrogens (tertiary/aromatic N) is 3. The van der Waals surface area contributed by atoms with Crippen molar-refractivity contribution in [3.63, 3.8) is 0 Å². The van der Waals surface area contributed by atoms with E-state index in [1.54, 1.807) is 23.0 Å². The number of halogens is 1. The Bertz CT molecular complexity index is 355. The minimum absolute atomic E-state index is 0.471. The third-order valence-corrected chi connectivity index (χ3v) is 1.46. The topological polar surface area (TPSA) is 30.2 Å². The third kappa shape index (κ3) is 0.752. The standard InChI is InChI=1S/C6H4ClN3/c7-5-3-6-8-1-2-10(6)4-9-5/h1-4H. The van der Waals surface area contributed by atoms with Gasteiger partial charge < -0.3 is 0 Å². The van der Waals surface area contributed by atoms with E-state index in [-0.39, 0.29) is 0 Å². The molecule has 0 atom stereocenters. The van der Waals surface area contributed by atoms with Crippen LogP contribution in [0.15, 0.2) is 24.8 Å². The van der Waals surface area contributed by atoms with Crippen molar-refractivity contribution >= 4 is 17.2 Å². The molecule has 2 aromatic rings. The molecule has 3 nitrogen and oxygen atoms in total. The molecule has 4 heteroatoms. The van der Waals surface area contributed by atoms with Gasteiger partial charge in [0.05, 0.1) is 0 Å². The van der Waals surface area contributed by atoms with Crippen LogP contribution in [0.3, 0.4) is 0 Å². The van der Waals surface area contributed by atoms with E-state index in [0.29, 0.717) is 5.15 Å². The molecule has 0 aliphatic rings. The molecule has 0 radical (unpaired) electrons. The summed E-state index contributed by atoms with van der Waals surface area (Å²) in [6.45, 7) is 0. The quantitative estimate of drug-likeness (QED) is 0.536. The summed E-state index contributed by atoms with van der Waals surface area (Å²) in [5.41, 5.74) is 0.819. The normalized spacial score (nSPS) is 10.5. The number of aromatic nitrogens is 3. The van der Waals surface area contributed by atoms with Gasteiger partial charge in [0, 0.05) is 18.5 Å². The average Bonchev–Trinajstić information content (AvgIpc) is 2.33. The molecule has 0 aliphatic carbocycles. The summed E-state index contributed by atoms with van der Waals surface area (Å²) in [7, 11) is 0. The van der Waals surface area contributed by atoms with Crippen molar-refractivity contribution < 1.29 is 0 Å². The van der Waals surface area contributed by atoms with Crippen LogP contribution in [0.25, 0.3) is 5.65 Å². The highest BCUT2D eigenvalue weighted by atomic mass is 35.5.